The van der Waals surface area contributed by atoms with Gasteiger partial charge in [-0.2, -0.15) is 0 Å². The maximum absolute atomic E-state index is 13.2. The summed E-state index contributed by atoms with van der Waals surface area (Å²) in [6.45, 7) is 2.34. The van der Waals surface area contributed by atoms with E-state index in [4.69, 9.17) is 26.2 Å². The first kappa shape index (κ1) is 16.8. The van der Waals surface area contributed by atoms with Gasteiger partial charge in [0.05, 0.1) is 5.02 Å². The number of Topliss-reactive ketones (excluding diaryl/α,β-unsaturated/α-hetero) is 1. The molecule has 0 aromatic heterocycles. The van der Waals surface area contributed by atoms with E-state index in [1.165, 1.54) is 13.0 Å². The summed E-state index contributed by atoms with van der Waals surface area (Å²) in [5, 5.41) is 10.5. The van der Waals surface area contributed by atoms with Gasteiger partial charge in [0.1, 0.15) is 5.82 Å². The number of hydrogen-bond acceptors (Lipinski definition) is 5. The van der Waals surface area contributed by atoms with Crippen molar-refractivity contribution in [2.75, 3.05) is 0 Å². The summed E-state index contributed by atoms with van der Waals surface area (Å²) in [7, 11) is 0. The molecule has 0 saturated carbocycles. The van der Waals surface area contributed by atoms with E-state index in [9.17, 15) is 18.8 Å². The smallest absolute Gasteiger partial charge is 0.411 e. The average Bonchev–Trinajstić information content (AvgIpc) is 2.63. The van der Waals surface area contributed by atoms with Crippen molar-refractivity contribution in [2.45, 2.75) is 19.4 Å². The Morgan fingerprint density at radius 3 is 2.61 bits per heavy atom. The molecule has 9 heteroatoms. The van der Waals surface area contributed by atoms with E-state index in [1.807, 2.05) is 5.32 Å². The molecule has 2 N–H and O–H groups in total. The summed E-state index contributed by atoms with van der Waals surface area (Å²) in [5.41, 5.74) is -1.68. The molecule has 0 radical (unpaired) electrons. The maximum atomic E-state index is 13.2. The van der Waals surface area contributed by atoms with E-state index in [1.54, 1.807) is 0 Å². The molecular weight excluding hydrogens is 333 g/mol. The average molecular weight is 344 g/mol. The number of carboxylic acid groups (broad SMARTS) is 1. The lowest BCUT2D eigenvalue weighted by atomic mass is 9.91. The molecular formula is C14H11ClFNO6. The second kappa shape index (κ2) is 5.88. The Morgan fingerprint density at radius 1 is 1.43 bits per heavy atom. The Labute approximate surface area is 134 Å². The van der Waals surface area contributed by atoms with Gasteiger partial charge in [0.15, 0.2) is 0 Å². The number of ether oxygens (including phenoxy) is 2. The minimum atomic E-state index is -1.77. The lowest BCUT2D eigenvalue weighted by Gasteiger charge is -2.24. The third kappa shape index (κ3) is 3.11. The van der Waals surface area contributed by atoms with Crippen LogP contribution >= 0.6 is 11.6 Å². The number of carbonyl (C=O) groups excluding carboxylic acids is 2. The maximum Gasteiger partial charge on any atom is 0.411 e. The second-order valence-corrected chi connectivity index (χ2v) is 5.18. The molecule has 0 saturated heterocycles. The fourth-order valence-electron chi connectivity index (χ4n) is 2.09. The van der Waals surface area contributed by atoms with Crippen molar-refractivity contribution in [3.63, 3.8) is 0 Å². The molecule has 7 nitrogen and oxygen atoms in total. The minimum absolute atomic E-state index is 0.0948. The van der Waals surface area contributed by atoms with E-state index in [0.29, 0.717) is 0 Å². The van der Waals surface area contributed by atoms with Crippen molar-refractivity contribution in [1.29, 1.82) is 0 Å². The Morgan fingerprint density at radius 2 is 2.09 bits per heavy atom. The van der Waals surface area contributed by atoms with Crippen LogP contribution in [0.5, 0.6) is 0 Å². The van der Waals surface area contributed by atoms with Crippen molar-refractivity contribution in [1.82, 2.24) is 5.32 Å². The van der Waals surface area contributed by atoms with Crippen molar-refractivity contribution in [2.24, 2.45) is 0 Å². The summed E-state index contributed by atoms with van der Waals surface area (Å²) in [4.78, 5) is 34.5. The third-order valence-corrected chi connectivity index (χ3v) is 3.38. The lowest BCUT2D eigenvalue weighted by Crippen LogP contribution is -2.32. The van der Waals surface area contributed by atoms with Gasteiger partial charge in [-0.25, -0.2) is 9.18 Å². The van der Waals surface area contributed by atoms with Gasteiger partial charge in [-0.15, -0.1) is 0 Å². The van der Waals surface area contributed by atoms with Crippen LogP contribution in [0.1, 0.15) is 19.4 Å². The Bertz CT molecular complexity index is 747. The van der Waals surface area contributed by atoms with E-state index >= 15 is 0 Å². The van der Waals surface area contributed by atoms with Crippen LogP contribution in [0.4, 0.5) is 9.18 Å². The topological polar surface area (TPSA) is 102 Å². The Hall–Kier alpha value is -2.61. The second-order valence-electron chi connectivity index (χ2n) is 4.77. The molecule has 1 amide bonds. The van der Waals surface area contributed by atoms with Gasteiger partial charge in [-0.05, 0) is 19.1 Å². The van der Waals surface area contributed by atoms with E-state index in [0.717, 1.165) is 19.1 Å². The number of rotatable bonds is 3. The number of nitrogens with one attached hydrogen (secondary N) is 1. The summed E-state index contributed by atoms with van der Waals surface area (Å²) >= 11 is 5.94. The summed E-state index contributed by atoms with van der Waals surface area (Å²) < 4.78 is 23.3. The number of ketones is 1. The first-order valence-electron chi connectivity index (χ1n) is 6.27. The number of carbonyl (C=O) groups is 3. The van der Waals surface area contributed by atoms with Crippen molar-refractivity contribution in [3.05, 3.63) is 46.2 Å². The summed E-state index contributed by atoms with van der Waals surface area (Å²) in [6, 6.07) is 3.27. The molecule has 0 bridgehead atoms. The number of benzene rings is 1. The molecule has 122 valence electrons. The van der Waals surface area contributed by atoms with Gasteiger partial charge in [0, 0.05) is 12.5 Å². The van der Waals surface area contributed by atoms with Crippen molar-refractivity contribution >= 4 is 29.4 Å². The Kier molecular flexibility index (Phi) is 4.28. The van der Waals surface area contributed by atoms with Crippen LogP contribution in [0, 0.1) is 5.82 Å². The molecule has 1 aliphatic rings. The van der Waals surface area contributed by atoms with Gasteiger partial charge in [-0.1, -0.05) is 17.7 Å². The van der Waals surface area contributed by atoms with Gasteiger partial charge >= 0.3 is 12.1 Å². The van der Waals surface area contributed by atoms with Gasteiger partial charge in [-0.3, -0.25) is 14.9 Å². The molecule has 0 fully saturated rings. The highest BCUT2D eigenvalue weighted by molar-refractivity contribution is 6.32. The first-order chi connectivity index (χ1) is 10.6. The van der Waals surface area contributed by atoms with Crippen LogP contribution in [0.15, 0.2) is 29.8 Å². The van der Waals surface area contributed by atoms with Crippen LogP contribution < -0.4 is 5.32 Å². The van der Waals surface area contributed by atoms with Crippen LogP contribution in [-0.2, 0) is 24.7 Å². The van der Waals surface area contributed by atoms with Crippen LogP contribution in [0.2, 0.25) is 5.02 Å². The van der Waals surface area contributed by atoms with E-state index in [-0.39, 0.29) is 10.6 Å². The highest BCUT2D eigenvalue weighted by Gasteiger charge is 2.50. The normalized spacial score (nSPS) is 20.3. The minimum Gasteiger partial charge on any atom is -0.465 e. The van der Waals surface area contributed by atoms with Crippen LogP contribution in [0.3, 0.4) is 0 Å². The predicted octanol–water partition coefficient (Wildman–Crippen LogP) is 2.29. The molecule has 1 aromatic rings. The molecule has 1 aliphatic heterocycles. The molecule has 1 heterocycles. The molecule has 1 atom stereocenters. The van der Waals surface area contributed by atoms with E-state index in [2.05, 4.69) is 0 Å². The van der Waals surface area contributed by atoms with Gasteiger partial charge < -0.3 is 14.6 Å². The number of hydrogen-bond donors (Lipinski definition) is 2. The zero-order chi connectivity index (χ0) is 17.4. The highest BCUT2D eigenvalue weighted by atomic mass is 35.5. The highest BCUT2D eigenvalue weighted by Crippen LogP contribution is 2.41. The lowest BCUT2D eigenvalue weighted by molar-refractivity contribution is -0.142. The fourth-order valence-corrected chi connectivity index (χ4v) is 2.43. The molecule has 0 aliphatic carbocycles. The van der Waals surface area contributed by atoms with Crippen molar-refractivity contribution < 1.29 is 33.4 Å². The number of esters is 1. The zero-order valence-corrected chi connectivity index (χ0v) is 12.7. The molecule has 0 spiro atoms. The summed E-state index contributed by atoms with van der Waals surface area (Å²) in [5.74, 6) is -3.42. The van der Waals surface area contributed by atoms with Crippen LogP contribution in [0.25, 0.3) is 0 Å². The molecule has 1 aromatic carbocycles. The van der Waals surface area contributed by atoms with Gasteiger partial charge in [0.2, 0.25) is 17.2 Å². The monoisotopic (exact) mass is 343 g/mol. The van der Waals surface area contributed by atoms with Gasteiger partial charge in [0.25, 0.3) is 5.78 Å². The van der Waals surface area contributed by atoms with Crippen molar-refractivity contribution in [3.8, 4) is 0 Å². The largest absolute Gasteiger partial charge is 0.465 e. The molecule has 2 rings (SSSR count). The Balaban J connectivity index is 2.49. The quantitative estimate of drug-likeness (QED) is 0.816. The number of halogens is 2. The zero-order valence-electron chi connectivity index (χ0n) is 12.0. The molecule has 23 heavy (non-hydrogen) atoms. The fraction of sp³-hybridized carbons (Fsp3) is 0.214. The SMILES string of the molecule is CC(=O)OC1=C(NC(=O)O)OC(C)(c2ccc(F)cc2Cl)C1=O. The molecule has 1 unspecified atom stereocenters. The standard InChI is InChI=1S/C14H11ClFNO6/c1-6(18)22-10-11(19)14(2,23-12(10)17-13(20)21)8-4-3-7(16)5-9(8)15/h3-5,17H,1-2H3,(H,20,21). The predicted molar refractivity (Wildman–Crippen MR) is 74.8 cm³/mol. The third-order valence-electron chi connectivity index (χ3n) is 3.06. The van der Waals surface area contributed by atoms with Crippen LogP contribution in [-0.4, -0.2) is 23.0 Å². The number of amides is 1. The first-order valence-corrected chi connectivity index (χ1v) is 6.65. The van der Waals surface area contributed by atoms with E-state index < -0.39 is 40.9 Å². The summed E-state index contributed by atoms with van der Waals surface area (Å²) in [6.07, 6.45) is -1.52.